The third-order valence-corrected chi connectivity index (χ3v) is 3.94. The molecule has 19 heavy (non-hydrogen) atoms. The van der Waals surface area contributed by atoms with Crippen LogP contribution in [0.25, 0.3) is 0 Å². The van der Waals surface area contributed by atoms with Gasteiger partial charge >= 0.3 is 7.60 Å². The molecule has 5 heteroatoms. The third kappa shape index (κ3) is 4.35. The van der Waals surface area contributed by atoms with Gasteiger partial charge in [-0.25, -0.2) is 0 Å². The van der Waals surface area contributed by atoms with Crippen molar-refractivity contribution in [3.05, 3.63) is 49.1 Å². The Morgan fingerprint density at radius 2 is 2.11 bits per heavy atom. The minimum atomic E-state index is -3.84. The molecule has 0 radical (unpaired) electrons. The van der Waals surface area contributed by atoms with Gasteiger partial charge in [0.15, 0.2) is 0 Å². The second-order valence-corrected chi connectivity index (χ2v) is 5.60. The number of benzene rings is 1. The molecule has 0 heterocycles. The molecule has 1 N–H and O–H groups in total. The second-order valence-electron chi connectivity index (χ2n) is 3.82. The lowest BCUT2D eigenvalue weighted by Crippen LogP contribution is -2.13. The molecule has 4 nitrogen and oxygen atoms in total. The third-order valence-electron chi connectivity index (χ3n) is 2.40. The van der Waals surface area contributed by atoms with Crippen molar-refractivity contribution in [3.63, 3.8) is 0 Å². The van der Waals surface area contributed by atoms with Crippen molar-refractivity contribution >= 4 is 12.9 Å². The highest BCUT2D eigenvalue weighted by atomic mass is 31.2. The first-order chi connectivity index (χ1) is 9.05. The summed E-state index contributed by atoms with van der Waals surface area (Å²) in [6.07, 6.45) is 3.57. The summed E-state index contributed by atoms with van der Waals surface area (Å²) in [5.74, 6) is 0.659. The fraction of sp³-hybridized carbons (Fsp3) is 0.286. The van der Waals surface area contributed by atoms with Crippen molar-refractivity contribution < 1.29 is 18.7 Å². The zero-order chi connectivity index (χ0) is 14.3. The molecule has 104 valence electrons. The van der Waals surface area contributed by atoms with Crippen molar-refractivity contribution in [2.75, 3.05) is 13.2 Å². The maximum absolute atomic E-state index is 12.1. The SMILES string of the molecule is C=CCOP(=O)(O)c1ccc(OCC)cc1CC=C. The number of ether oxygens (including phenoxy) is 1. The highest BCUT2D eigenvalue weighted by Gasteiger charge is 2.25. The van der Waals surface area contributed by atoms with Crippen LogP contribution in [0.4, 0.5) is 0 Å². The van der Waals surface area contributed by atoms with E-state index in [1.165, 1.54) is 6.08 Å². The number of rotatable bonds is 8. The molecule has 0 fully saturated rings. The molecule has 0 amide bonds. The number of allylic oxidation sites excluding steroid dienone is 1. The maximum atomic E-state index is 12.1. The van der Waals surface area contributed by atoms with Gasteiger partial charge in [-0.3, -0.25) is 4.57 Å². The molecule has 1 unspecified atom stereocenters. The molecule has 0 bridgehead atoms. The van der Waals surface area contributed by atoms with E-state index < -0.39 is 7.60 Å². The van der Waals surface area contributed by atoms with Gasteiger partial charge < -0.3 is 14.2 Å². The fourth-order valence-corrected chi connectivity index (χ4v) is 2.86. The van der Waals surface area contributed by atoms with E-state index in [0.717, 1.165) is 0 Å². The summed E-state index contributed by atoms with van der Waals surface area (Å²) in [6.45, 7) is 9.55. The summed E-state index contributed by atoms with van der Waals surface area (Å²) < 4.78 is 22.5. The largest absolute Gasteiger partial charge is 0.494 e. The molecular formula is C14H19O4P. The van der Waals surface area contributed by atoms with Crippen LogP contribution in [0.2, 0.25) is 0 Å². The average molecular weight is 282 g/mol. The highest BCUT2D eigenvalue weighted by Crippen LogP contribution is 2.42. The van der Waals surface area contributed by atoms with Crippen LogP contribution in [0.1, 0.15) is 12.5 Å². The van der Waals surface area contributed by atoms with Crippen molar-refractivity contribution in [2.45, 2.75) is 13.3 Å². The summed E-state index contributed by atoms with van der Waals surface area (Å²) in [5, 5.41) is 0.276. The van der Waals surface area contributed by atoms with Crippen molar-refractivity contribution in [1.82, 2.24) is 0 Å². The van der Waals surface area contributed by atoms with E-state index in [1.807, 2.05) is 6.92 Å². The maximum Gasteiger partial charge on any atom is 0.359 e. The van der Waals surface area contributed by atoms with Gasteiger partial charge in [0.05, 0.1) is 18.5 Å². The van der Waals surface area contributed by atoms with E-state index in [0.29, 0.717) is 24.3 Å². The van der Waals surface area contributed by atoms with Gasteiger partial charge in [-0.1, -0.05) is 12.2 Å². The van der Waals surface area contributed by atoms with Gasteiger partial charge in [-0.2, -0.15) is 0 Å². The second kappa shape index (κ2) is 7.29. The van der Waals surface area contributed by atoms with E-state index in [1.54, 1.807) is 24.3 Å². The first-order valence-corrected chi connectivity index (χ1v) is 7.58. The van der Waals surface area contributed by atoms with Crippen LogP contribution in [-0.4, -0.2) is 18.1 Å². The van der Waals surface area contributed by atoms with E-state index in [-0.39, 0.29) is 11.9 Å². The molecule has 1 aromatic rings. The molecule has 1 atom stereocenters. The Bertz CT molecular complexity index is 496. The normalized spacial score (nSPS) is 13.6. The molecule has 1 aromatic carbocycles. The van der Waals surface area contributed by atoms with E-state index in [2.05, 4.69) is 13.2 Å². The lowest BCUT2D eigenvalue weighted by Gasteiger charge is -2.16. The Morgan fingerprint density at radius 3 is 2.68 bits per heavy atom. The molecule has 0 saturated carbocycles. The average Bonchev–Trinajstić information content (AvgIpc) is 2.37. The number of hydrogen-bond donors (Lipinski definition) is 1. The van der Waals surface area contributed by atoms with E-state index >= 15 is 0 Å². The van der Waals surface area contributed by atoms with Crippen LogP contribution >= 0.6 is 7.60 Å². The zero-order valence-corrected chi connectivity index (χ0v) is 11.9. The minimum Gasteiger partial charge on any atom is -0.494 e. The van der Waals surface area contributed by atoms with Crippen molar-refractivity contribution in [2.24, 2.45) is 0 Å². The Morgan fingerprint density at radius 1 is 1.37 bits per heavy atom. The van der Waals surface area contributed by atoms with Gasteiger partial charge in [0.2, 0.25) is 0 Å². The molecule has 1 rings (SSSR count). The molecule has 0 aliphatic carbocycles. The molecule has 0 spiro atoms. The fourth-order valence-electron chi connectivity index (χ4n) is 1.64. The molecule has 0 aromatic heterocycles. The lowest BCUT2D eigenvalue weighted by atomic mass is 10.1. The standard InChI is InChI=1S/C14H19O4P/c1-4-7-12-11-13(17-6-3)8-9-14(12)19(15,16)18-10-5-2/h4-5,8-9,11H,1-2,6-7,10H2,3H3,(H,15,16). The van der Waals surface area contributed by atoms with Crippen LogP contribution in [0, 0.1) is 0 Å². The van der Waals surface area contributed by atoms with Gasteiger partial charge in [-0.05, 0) is 37.1 Å². The molecule has 0 saturated heterocycles. The van der Waals surface area contributed by atoms with Gasteiger partial charge in [0.25, 0.3) is 0 Å². The Hall–Kier alpha value is -1.35. The van der Waals surface area contributed by atoms with Crippen LogP contribution in [0.3, 0.4) is 0 Å². The first kappa shape index (κ1) is 15.7. The summed E-state index contributed by atoms with van der Waals surface area (Å²) in [7, 11) is -3.84. The van der Waals surface area contributed by atoms with Crippen molar-refractivity contribution in [3.8, 4) is 5.75 Å². The smallest absolute Gasteiger partial charge is 0.359 e. The molecule has 0 aliphatic rings. The van der Waals surface area contributed by atoms with Gasteiger partial charge in [-0.15, -0.1) is 13.2 Å². The zero-order valence-electron chi connectivity index (χ0n) is 11.0. The predicted octanol–water partition coefficient (Wildman–Crippen LogP) is 2.83. The quantitative estimate of drug-likeness (QED) is 0.588. The summed E-state index contributed by atoms with van der Waals surface area (Å²) >= 11 is 0. The lowest BCUT2D eigenvalue weighted by molar-refractivity contribution is 0.298. The Kier molecular flexibility index (Phi) is 6.03. The topological polar surface area (TPSA) is 55.8 Å². The highest BCUT2D eigenvalue weighted by molar-refractivity contribution is 7.61. The summed E-state index contributed by atoms with van der Waals surface area (Å²) in [4.78, 5) is 9.96. The first-order valence-electron chi connectivity index (χ1n) is 6.00. The molecule has 0 aliphatic heterocycles. The Labute approximate surface area is 113 Å². The van der Waals surface area contributed by atoms with E-state index in [4.69, 9.17) is 9.26 Å². The van der Waals surface area contributed by atoms with Crippen LogP contribution in [0.15, 0.2) is 43.5 Å². The monoisotopic (exact) mass is 282 g/mol. The summed E-state index contributed by atoms with van der Waals surface area (Å²) in [6, 6.07) is 4.96. The predicted molar refractivity (Wildman–Crippen MR) is 77.1 cm³/mol. The van der Waals surface area contributed by atoms with E-state index in [9.17, 15) is 9.46 Å². The number of hydrogen-bond acceptors (Lipinski definition) is 3. The van der Waals surface area contributed by atoms with Crippen LogP contribution in [-0.2, 0) is 15.5 Å². The molecular weight excluding hydrogens is 263 g/mol. The van der Waals surface area contributed by atoms with Crippen molar-refractivity contribution in [1.29, 1.82) is 0 Å². The van der Waals surface area contributed by atoms with Gasteiger partial charge in [0, 0.05) is 0 Å². The Balaban J connectivity index is 3.14. The van der Waals surface area contributed by atoms with Gasteiger partial charge in [0.1, 0.15) is 5.75 Å². The minimum absolute atomic E-state index is 0.0223. The van der Waals surface area contributed by atoms with Crippen LogP contribution < -0.4 is 10.0 Å². The van der Waals surface area contributed by atoms with Crippen LogP contribution in [0.5, 0.6) is 5.75 Å². The summed E-state index contributed by atoms with van der Waals surface area (Å²) in [5.41, 5.74) is 0.677.